The van der Waals surface area contributed by atoms with Crippen LogP contribution in [0.25, 0.3) is 16.3 Å². The minimum atomic E-state index is -1.91. The number of Topliss-reactive ketones (excluding diaryl/α,β-unsaturated/α-hetero) is 1. The molecule has 1 nitrogen and oxygen atoms in total. The van der Waals surface area contributed by atoms with E-state index in [9.17, 15) is 4.79 Å². The first-order valence-electron chi connectivity index (χ1n) is 10.8. The van der Waals surface area contributed by atoms with Crippen molar-refractivity contribution in [1.29, 1.82) is 0 Å². The number of ketones is 1. The van der Waals surface area contributed by atoms with Gasteiger partial charge < -0.3 is 0 Å². The maximum atomic E-state index is 13.3. The van der Waals surface area contributed by atoms with Crippen LogP contribution in [0.5, 0.6) is 0 Å². The number of hydrogen-bond acceptors (Lipinski definition) is 1. The lowest BCUT2D eigenvalue weighted by Gasteiger charge is -2.21. The molecule has 30 heavy (non-hydrogen) atoms. The zero-order chi connectivity index (χ0) is 20.6. The number of rotatable bonds is 0. The predicted molar refractivity (Wildman–Crippen MR) is 128 cm³/mol. The molecule has 0 bridgehead atoms. The summed E-state index contributed by atoms with van der Waals surface area (Å²) in [5.41, 5.74) is 7.29. The third kappa shape index (κ3) is 2.20. The van der Waals surface area contributed by atoms with Crippen molar-refractivity contribution >= 4 is 35.4 Å². The minimum absolute atomic E-state index is 0.180. The van der Waals surface area contributed by atoms with E-state index in [0.29, 0.717) is 0 Å². The predicted octanol–water partition coefficient (Wildman–Crippen LogP) is 6.32. The van der Waals surface area contributed by atoms with Crippen LogP contribution in [0.2, 0.25) is 13.1 Å². The molecule has 6 rings (SSSR count). The lowest BCUT2D eigenvalue weighted by Crippen LogP contribution is -2.41. The molecule has 0 fully saturated rings. The molecule has 146 valence electrons. The Bertz CT molecular complexity index is 1370. The zero-order valence-electron chi connectivity index (χ0n) is 17.6. The zero-order valence-corrected chi connectivity index (χ0v) is 18.6. The van der Waals surface area contributed by atoms with Crippen molar-refractivity contribution in [2.45, 2.75) is 32.4 Å². The summed E-state index contributed by atoms with van der Waals surface area (Å²) >= 11 is 0. The van der Waals surface area contributed by atoms with Crippen LogP contribution in [-0.4, -0.2) is 13.9 Å². The highest BCUT2D eigenvalue weighted by Gasteiger charge is 2.44. The van der Waals surface area contributed by atoms with Crippen molar-refractivity contribution in [2.24, 2.45) is 0 Å². The van der Waals surface area contributed by atoms with Gasteiger partial charge in [0.25, 0.3) is 0 Å². The molecule has 1 aliphatic heterocycles. The standard InChI is InChI=1S/C28H24OSi/c1-4-17-13-22-20-11-7-8-12-21(20)28(29)23(22)16-26-27(17)24-14-18-9-5-6-10-19(18)15-25(24)30(26,2)3/h4-12,14-16,22H,13H2,1-3H3. The molecule has 0 aromatic heterocycles. The lowest BCUT2D eigenvalue weighted by atomic mass is 9.87. The van der Waals surface area contributed by atoms with Crippen LogP contribution in [0, 0.1) is 0 Å². The van der Waals surface area contributed by atoms with Crippen molar-refractivity contribution in [3.63, 3.8) is 0 Å². The number of allylic oxidation sites excluding steroid dienone is 6. The second-order valence-electron chi connectivity index (χ2n) is 9.25. The normalized spacial score (nSPS) is 22.5. The third-order valence-electron chi connectivity index (χ3n) is 7.38. The summed E-state index contributed by atoms with van der Waals surface area (Å²) in [5.74, 6) is 0.407. The average Bonchev–Trinajstić information content (AvgIpc) is 3.04. The summed E-state index contributed by atoms with van der Waals surface area (Å²) < 4.78 is 0. The molecule has 1 atom stereocenters. The third-order valence-corrected chi connectivity index (χ3v) is 10.9. The monoisotopic (exact) mass is 404 g/mol. The van der Waals surface area contributed by atoms with Crippen LogP contribution in [0.15, 0.2) is 89.2 Å². The van der Waals surface area contributed by atoms with Crippen LogP contribution in [-0.2, 0) is 0 Å². The summed E-state index contributed by atoms with van der Waals surface area (Å²) in [6.07, 6.45) is 5.49. The van der Waals surface area contributed by atoms with E-state index in [-0.39, 0.29) is 11.7 Å². The fourth-order valence-corrected chi connectivity index (χ4v) is 8.89. The second kappa shape index (κ2) is 6.02. The van der Waals surface area contributed by atoms with Crippen molar-refractivity contribution in [1.82, 2.24) is 0 Å². The van der Waals surface area contributed by atoms with Gasteiger partial charge in [0.15, 0.2) is 5.78 Å². The molecule has 2 heteroatoms. The van der Waals surface area contributed by atoms with Crippen LogP contribution in [0.4, 0.5) is 0 Å². The Labute approximate surface area is 178 Å². The van der Waals surface area contributed by atoms with Crippen LogP contribution >= 0.6 is 0 Å². The molecule has 2 aliphatic carbocycles. The quantitative estimate of drug-likeness (QED) is 0.401. The molecular weight excluding hydrogens is 380 g/mol. The summed E-state index contributed by atoms with van der Waals surface area (Å²) in [6, 6.07) is 21.7. The molecule has 0 spiro atoms. The summed E-state index contributed by atoms with van der Waals surface area (Å²) in [6.45, 7) is 7.04. The Balaban J connectivity index is 1.64. The van der Waals surface area contributed by atoms with Crippen LogP contribution < -0.4 is 5.19 Å². The van der Waals surface area contributed by atoms with Crippen molar-refractivity contribution < 1.29 is 4.79 Å². The van der Waals surface area contributed by atoms with Gasteiger partial charge in [0.05, 0.1) is 0 Å². The molecule has 0 N–H and O–H groups in total. The van der Waals surface area contributed by atoms with Gasteiger partial charge in [0.1, 0.15) is 8.07 Å². The maximum absolute atomic E-state index is 13.3. The van der Waals surface area contributed by atoms with Gasteiger partial charge in [-0.15, -0.1) is 0 Å². The van der Waals surface area contributed by atoms with Gasteiger partial charge in [-0.05, 0) is 62.8 Å². The van der Waals surface area contributed by atoms with Crippen molar-refractivity contribution in [2.75, 3.05) is 0 Å². The number of carbonyl (C=O) groups is 1. The van der Waals surface area contributed by atoms with E-state index in [2.05, 4.69) is 80.7 Å². The highest BCUT2D eigenvalue weighted by Crippen LogP contribution is 2.50. The minimum Gasteiger partial charge on any atom is -0.289 e. The first kappa shape index (κ1) is 17.8. The fraction of sp³-hybridized carbons (Fsp3) is 0.179. The second-order valence-corrected chi connectivity index (χ2v) is 13.6. The Kier molecular flexibility index (Phi) is 3.58. The Morgan fingerprint density at radius 3 is 2.40 bits per heavy atom. The first-order chi connectivity index (χ1) is 14.5. The van der Waals surface area contributed by atoms with Gasteiger partial charge in [-0.2, -0.15) is 0 Å². The molecule has 0 amide bonds. The summed E-state index contributed by atoms with van der Waals surface area (Å²) in [5, 5.41) is 5.54. The number of fused-ring (bicyclic) bond motifs is 6. The van der Waals surface area contributed by atoms with E-state index < -0.39 is 8.07 Å². The molecule has 0 radical (unpaired) electrons. The first-order valence-corrected chi connectivity index (χ1v) is 13.8. The largest absolute Gasteiger partial charge is 0.289 e. The van der Waals surface area contributed by atoms with E-state index in [1.807, 2.05) is 12.1 Å². The highest BCUT2D eigenvalue weighted by atomic mass is 28.3. The van der Waals surface area contributed by atoms with E-state index in [4.69, 9.17) is 0 Å². The molecule has 0 saturated heterocycles. The number of carbonyl (C=O) groups excluding carboxylic acids is 1. The smallest absolute Gasteiger partial charge is 0.189 e. The molecule has 3 aromatic carbocycles. The van der Waals surface area contributed by atoms with E-state index in [1.165, 1.54) is 43.4 Å². The molecule has 3 aromatic rings. The Hall–Kier alpha value is -2.97. The Morgan fingerprint density at radius 1 is 0.933 bits per heavy atom. The van der Waals surface area contributed by atoms with Gasteiger partial charge in [-0.3, -0.25) is 4.79 Å². The van der Waals surface area contributed by atoms with E-state index >= 15 is 0 Å². The molecule has 1 unspecified atom stereocenters. The SMILES string of the molecule is CC=C1CC2C(=CC3=C1c1cc4ccccc4cc1[Si]3(C)C)C(=O)c1ccccc12. The summed E-state index contributed by atoms with van der Waals surface area (Å²) in [7, 11) is -1.91. The van der Waals surface area contributed by atoms with Crippen molar-refractivity contribution in [3.8, 4) is 0 Å². The van der Waals surface area contributed by atoms with Crippen LogP contribution in [0.1, 0.15) is 40.7 Å². The maximum Gasteiger partial charge on any atom is 0.189 e. The molecule has 1 heterocycles. The topological polar surface area (TPSA) is 17.1 Å². The molecule has 3 aliphatic rings. The molecule has 0 saturated carbocycles. The average molecular weight is 405 g/mol. The van der Waals surface area contributed by atoms with Gasteiger partial charge in [-0.25, -0.2) is 0 Å². The van der Waals surface area contributed by atoms with Gasteiger partial charge in [0.2, 0.25) is 0 Å². The van der Waals surface area contributed by atoms with Crippen LogP contribution in [0.3, 0.4) is 0 Å². The van der Waals surface area contributed by atoms with Crippen molar-refractivity contribution in [3.05, 3.63) is 106 Å². The number of hydrogen-bond donors (Lipinski definition) is 0. The summed E-state index contributed by atoms with van der Waals surface area (Å²) in [4.78, 5) is 13.3. The number of benzene rings is 3. The Morgan fingerprint density at radius 2 is 1.63 bits per heavy atom. The van der Waals surface area contributed by atoms with Gasteiger partial charge in [0, 0.05) is 17.1 Å². The van der Waals surface area contributed by atoms with Gasteiger partial charge >= 0.3 is 0 Å². The fourth-order valence-electron chi connectivity index (χ4n) is 5.78. The van der Waals surface area contributed by atoms with E-state index in [0.717, 1.165) is 17.6 Å². The lowest BCUT2D eigenvalue weighted by molar-refractivity contribution is 0.103. The van der Waals surface area contributed by atoms with E-state index in [1.54, 1.807) is 0 Å². The molecular formula is C28H24OSi. The highest BCUT2D eigenvalue weighted by molar-refractivity contribution is 6.99. The van der Waals surface area contributed by atoms with Gasteiger partial charge in [-0.1, -0.05) is 79.8 Å².